The van der Waals surface area contributed by atoms with E-state index < -0.39 is 0 Å². The van der Waals surface area contributed by atoms with Crippen molar-refractivity contribution >= 4 is 15.9 Å². The fourth-order valence-electron chi connectivity index (χ4n) is 2.55. The van der Waals surface area contributed by atoms with Crippen LogP contribution in [0.15, 0.2) is 0 Å². The molecule has 0 radical (unpaired) electrons. The van der Waals surface area contributed by atoms with Crippen molar-refractivity contribution < 1.29 is 0 Å². The molecule has 0 saturated heterocycles. The van der Waals surface area contributed by atoms with Crippen LogP contribution < -0.4 is 0 Å². The van der Waals surface area contributed by atoms with Gasteiger partial charge in [-0.1, -0.05) is 49.5 Å². The lowest BCUT2D eigenvalue weighted by molar-refractivity contribution is 0.154. The molecule has 100 valence electrons. The van der Waals surface area contributed by atoms with E-state index in [-0.39, 0.29) is 0 Å². The minimum Gasteiger partial charge on any atom is -0.302 e. The van der Waals surface area contributed by atoms with E-state index in [1.165, 1.54) is 25.7 Å². The van der Waals surface area contributed by atoms with Crippen molar-refractivity contribution in [2.75, 3.05) is 25.0 Å². The van der Waals surface area contributed by atoms with Crippen molar-refractivity contribution in [2.24, 2.45) is 5.41 Å². The third kappa shape index (κ3) is 6.43. The summed E-state index contributed by atoms with van der Waals surface area (Å²) in [6.45, 7) is 9.79. The summed E-state index contributed by atoms with van der Waals surface area (Å²) in [6.07, 6.45) is 5.66. The molecular formula is C14H27BrN2. The van der Waals surface area contributed by atoms with Gasteiger partial charge in [0.05, 0.1) is 6.07 Å². The fourth-order valence-corrected chi connectivity index (χ4v) is 3.29. The van der Waals surface area contributed by atoms with E-state index in [0.717, 1.165) is 25.0 Å². The van der Waals surface area contributed by atoms with Crippen molar-refractivity contribution in [3.63, 3.8) is 0 Å². The Labute approximate surface area is 116 Å². The smallest absolute Gasteiger partial charge is 0.0635 e. The molecule has 0 aliphatic rings. The molecule has 0 rings (SSSR count). The zero-order chi connectivity index (χ0) is 13.1. The number of nitriles is 1. The van der Waals surface area contributed by atoms with Crippen LogP contribution in [0.3, 0.4) is 0 Å². The van der Waals surface area contributed by atoms with Crippen LogP contribution in [0.2, 0.25) is 0 Å². The molecule has 0 heterocycles. The fraction of sp³-hybridized carbons (Fsp3) is 0.929. The summed E-state index contributed by atoms with van der Waals surface area (Å²) in [4.78, 5) is 2.43. The Balaban J connectivity index is 4.51. The Hall–Kier alpha value is -0.0700. The highest BCUT2D eigenvalue weighted by atomic mass is 79.9. The van der Waals surface area contributed by atoms with Crippen molar-refractivity contribution in [1.82, 2.24) is 4.90 Å². The first-order valence-electron chi connectivity index (χ1n) is 6.83. The van der Waals surface area contributed by atoms with Gasteiger partial charge >= 0.3 is 0 Å². The lowest BCUT2D eigenvalue weighted by Gasteiger charge is -2.36. The molecule has 0 amide bonds. The largest absolute Gasteiger partial charge is 0.302 e. The predicted octanol–water partition coefficient (Wildman–Crippen LogP) is 4.20. The first kappa shape index (κ1) is 16.9. The predicted molar refractivity (Wildman–Crippen MR) is 78.4 cm³/mol. The van der Waals surface area contributed by atoms with Gasteiger partial charge in [0.2, 0.25) is 0 Å². The molecule has 0 N–H and O–H groups in total. The van der Waals surface area contributed by atoms with Crippen LogP contribution in [0.25, 0.3) is 0 Å². The maximum absolute atomic E-state index is 8.69. The van der Waals surface area contributed by atoms with Crippen LogP contribution in [0, 0.1) is 16.7 Å². The van der Waals surface area contributed by atoms with Gasteiger partial charge in [-0.15, -0.1) is 0 Å². The maximum Gasteiger partial charge on any atom is 0.0635 e. The highest BCUT2D eigenvalue weighted by Gasteiger charge is 2.29. The van der Waals surface area contributed by atoms with Crippen molar-refractivity contribution in [3.05, 3.63) is 0 Å². The minimum absolute atomic E-state index is 0.398. The number of nitrogens with zero attached hydrogens (tertiary/aromatic N) is 2. The van der Waals surface area contributed by atoms with Gasteiger partial charge in [0, 0.05) is 24.8 Å². The molecule has 2 nitrogen and oxygen atoms in total. The standard InChI is InChI=1S/C14H27BrN2/c1-4-8-14(12-15,9-5-2)13-17(6-3)11-7-10-16/h4-9,11-13H2,1-3H3. The minimum atomic E-state index is 0.398. The summed E-state index contributed by atoms with van der Waals surface area (Å²) in [7, 11) is 0. The average Bonchev–Trinajstić information content (AvgIpc) is 2.34. The zero-order valence-electron chi connectivity index (χ0n) is 11.6. The second-order valence-corrected chi connectivity index (χ2v) is 5.47. The molecule has 0 atom stereocenters. The van der Waals surface area contributed by atoms with E-state index in [1.807, 2.05) is 0 Å². The highest BCUT2D eigenvalue weighted by Crippen LogP contribution is 2.33. The Bertz CT molecular complexity index is 217. The second kappa shape index (κ2) is 9.91. The topological polar surface area (TPSA) is 27.0 Å². The Morgan fingerprint density at radius 2 is 1.76 bits per heavy atom. The van der Waals surface area contributed by atoms with E-state index in [2.05, 4.69) is 47.7 Å². The molecule has 0 aromatic heterocycles. The van der Waals surface area contributed by atoms with Gasteiger partial charge in [0.1, 0.15) is 0 Å². The number of alkyl halides is 1. The zero-order valence-corrected chi connectivity index (χ0v) is 13.2. The van der Waals surface area contributed by atoms with Gasteiger partial charge in [0.25, 0.3) is 0 Å². The molecule has 3 heteroatoms. The quantitative estimate of drug-likeness (QED) is 0.565. The molecular weight excluding hydrogens is 276 g/mol. The molecule has 0 aromatic carbocycles. The van der Waals surface area contributed by atoms with Gasteiger partial charge in [-0.05, 0) is 24.8 Å². The molecule has 0 bridgehead atoms. The van der Waals surface area contributed by atoms with Crippen LogP contribution in [0.1, 0.15) is 52.9 Å². The second-order valence-electron chi connectivity index (χ2n) is 4.91. The molecule has 0 unspecified atom stereocenters. The highest BCUT2D eigenvalue weighted by molar-refractivity contribution is 9.09. The summed E-state index contributed by atoms with van der Waals surface area (Å²) in [6, 6.07) is 2.25. The van der Waals surface area contributed by atoms with Crippen LogP contribution in [-0.2, 0) is 0 Å². The lowest BCUT2D eigenvalue weighted by Crippen LogP contribution is -2.39. The number of halogens is 1. The number of rotatable bonds is 10. The van der Waals surface area contributed by atoms with Gasteiger partial charge in [0.15, 0.2) is 0 Å². The third-order valence-corrected chi connectivity index (χ3v) is 4.58. The average molecular weight is 303 g/mol. The van der Waals surface area contributed by atoms with Gasteiger partial charge in [-0.2, -0.15) is 5.26 Å². The SMILES string of the molecule is CCCC(CBr)(CCC)CN(CC)CCC#N. The molecule has 0 spiro atoms. The Morgan fingerprint density at radius 3 is 2.12 bits per heavy atom. The first-order chi connectivity index (χ1) is 8.17. The number of hydrogen-bond acceptors (Lipinski definition) is 2. The summed E-state index contributed by atoms with van der Waals surface area (Å²) < 4.78 is 0. The van der Waals surface area contributed by atoms with Crippen molar-refractivity contribution in [1.29, 1.82) is 5.26 Å². The summed E-state index contributed by atoms with van der Waals surface area (Å²) in [5, 5.41) is 9.76. The molecule has 17 heavy (non-hydrogen) atoms. The van der Waals surface area contributed by atoms with Crippen LogP contribution in [0.5, 0.6) is 0 Å². The monoisotopic (exact) mass is 302 g/mol. The van der Waals surface area contributed by atoms with Crippen LogP contribution in [0.4, 0.5) is 0 Å². The maximum atomic E-state index is 8.69. The summed E-state index contributed by atoms with van der Waals surface area (Å²) >= 11 is 3.71. The first-order valence-corrected chi connectivity index (χ1v) is 7.95. The van der Waals surface area contributed by atoms with Gasteiger partial charge < -0.3 is 4.90 Å². The van der Waals surface area contributed by atoms with Crippen molar-refractivity contribution in [3.8, 4) is 6.07 Å². The van der Waals surface area contributed by atoms with E-state index >= 15 is 0 Å². The lowest BCUT2D eigenvalue weighted by atomic mass is 9.80. The van der Waals surface area contributed by atoms with Crippen LogP contribution >= 0.6 is 15.9 Å². The van der Waals surface area contributed by atoms with Crippen LogP contribution in [-0.4, -0.2) is 29.9 Å². The molecule has 0 fully saturated rings. The van der Waals surface area contributed by atoms with Gasteiger partial charge in [-0.25, -0.2) is 0 Å². The molecule has 0 aromatic rings. The van der Waals surface area contributed by atoms with E-state index in [4.69, 9.17) is 5.26 Å². The molecule has 0 aliphatic heterocycles. The van der Waals surface area contributed by atoms with Crippen molar-refractivity contribution in [2.45, 2.75) is 52.9 Å². The molecule has 0 aliphatic carbocycles. The third-order valence-electron chi connectivity index (χ3n) is 3.39. The summed E-state index contributed by atoms with van der Waals surface area (Å²) in [5.74, 6) is 0. The van der Waals surface area contributed by atoms with Gasteiger partial charge in [-0.3, -0.25) is 0 Å². The summed E-state index contributed by atoms with van der Waals surface area (Å²) in [5.41, 5.74) is 0.398. The van der Waals surface area contributed by atoms with E-state index in [0.29, 0.717) is 11.8 Å². The van der Waals surface area contributed by atoms with E-state index in [1.54, 1.807) is 0 Å². The Morgan fingerprint density at radius 1 is 1.18 bits per heavy atom. The number of hydrogen-bond donors (Lipinski definition) is 0. The van der Waals surface area contributed by atoms with E-state index in [9.17, 15) is 0 Å². The molecule has 0 saturated carbocycles. The Kier molecular flexibility index (Phi) is 9.87. The normalized spacial score (nSPS) is 11.8.